The number of fused-ring (bicyclic) bond motifs is 1. The van der Waals surface area contributed by atoms with Crippen LogP contribution < -0.4 is 10.6 Å². The number of anilines is 2. The summed E-state index contributed by atoms with van der Waals surface area (Å²) >= 11 is 0. The molecule has 0 fully saturated rings. The van der Waals surface area contributed by atoms with Crippen molar-refractivity contribution in [2.24, 2.45) is 0 Å². The molecule has 0 bridgehead atoms. The first-order valence-corrected chi connectivity index (χ1v) is 7.88. The van der Waals surface area contributed by atoms with E-state index in [4.69, 9.17) is 0 Å². The summed E-state index contributed by atoms with van der Waals surface area (Å²) in [6.45, 7) is 1.46. The Bertz CT molecular complexity index is 719. The van der Waals surface area contributed by atoms with Gasteiger partial charge in [0.1, 0.15) is 0 Å². The number of carbonyl (C=O) groups is 2. The Hall–Kier alpha value is -2.63. The van der Waals surface area contributed by atoms with Crippen molar-refractivity contribution in [3.8, 4) is 0 Å². The highest BCUT2D eigenvalue weighted by Crippen LogP contribution is 2.22. The van der Waals surface area contributed by atoms with E-state index in [9.17, 15) is 9.59 Å². The summed E-state index contributed by atoms with van der Waals surface area (Å²) < 4.78 is 0. The SMILES string of the molecule is CC(=O)Nc1ccc(NC(=O)c2n[nH]c3c2CCCCC3)cc1. The maximum Gasteiger partial charge on any atom is 0.276 e. The largest absolute Gasteiger partial charge is 0.326 e. The average Bonchev–Trinajstić information content (AvgIpc) is 2.78. The van der Waals surface area contributed by atoms with Gasteiger partial charge in [-0.2, -0.15) is 5.10 Å². The molecule has 3 N–H and O–H groups in total. The molecule has 0 unspecified atom stereocenters. The van der Waals surface area contributed by atoms with E-state index in [0.717, 1.165) is 36.9 Å². The van der Waals surface area contributed by atoms with Gasteiger partial charge in [-0.15, -0.1) is 0 Å². The van der Waals surface area contributed by atoms with Crippen LogP contribution in [0.1, 0.15) is 47.9 Å². The second-order valence-corrected chi connectivity index (χ2v) is 5.80. The summed E-state index contributed by atoms with van der Waals surface area (Å²) in [6, 6.07) is 7.02. The average molecular weight is 312 g/mol. The van der Waals surface area contributed by atoms with E-state index in [-0.39, 0.29) is 11.8 Å². The van der Waals surface area contributed by atoms with Gasteiger partial charge in [-0.05, 0) is 49.9 Å². The highest BCUT2D eigenvalue weighted by molar-refractivity contribution is 6.04. The van der Waals surface area contributed by atoms with Crippen LogP contribution in [-0.2, 0) is 17.6 Å². The predicted octanol–water partition coefficient (Wildman–Crippen LogP) is 2.89. The molecule has 0 radical (unpaired) electrons. The molecular weight excluding hydrogens is 292 g/mol. The molecule has 1 heterocycles. The van der Waals surface area contributed by atoms with E-state index in [2.05, 4.69) is 20.8 Å². The monoisotopic (exact) mass is 312 g/mol. The molecule has 2 aromatic rings. The van der Waals surface area contributed by atoms with Crippen molar-refractivity contribution in [3.63, 3.8) is 0 Å². The van der Waals surface area contributed by atoms with Crippen LogP contribution in [0, 0.1) is 0 Å². The minimum absolute atomic E-state index is 0.124. The number of aromatic amines is 1. The van der Waals surface area contributed by atoms with Crippen molar-refractivity contribution in [1.82, 2.24) is 10.2 Å². The van der Waals surface area contributed by atoms with E-state index < -0.39 is 0 Å². The van der Waals surface area contributed by atoms with Gasteiger partial charge >= 0.3 is 0 Å². The van der Waals surface area contributed by atoms with Crippen molar-refractivity contribution in [3.05, 3.63) is 41.2 Å². The van der Waals surface area contributed by atoms with Gasteiger partial charge in [0, 0.05) is 29.6 Å². The number of hydrogen-bond acceptors (Lipinski definition) is 3. The standard InChI is InChI=1S/C17H20N4O2/c1-11(22)18-12-7-9-13(10-8-12)19-17(23)16-14-5-3-2-4-6-15(14)20-21-16/h7-10H,2-6H2,1H3,(H,18,22)(H,19,23)(H,20,21). The summed E-state index contributed by atoms with van der Waals surface area (Å²) in [5.74, 6) is -0.322. The molecule has 1 aromatic heterocycles. The molecule has 120 valence electrons. The number of H-pyrrole nitrogens is 1. The van der Waals surface area contributed by atoms with Crippen molar-refractivity contribution >= 4 is 23.2 Å². The predicted molar refractivity (Wildman–Crippen MR) is 88.5 cm³/mol. The molecule has 0 saturated carbocycles. The summed E-state index contributed by atoms with van der Waals surface area (Å²) in [7, 11) is 0. The highest BCUT2D eigenvalue weighted by Gasteiger charge is 2.20. The van der Waals surface area contributed by atoms with Gasteiger partial charge in [0.25, 0.3) is 5.91 Å². The van der Waals surface area contributed by atoms with E-state index >= 15 is 0 Å². The molecule has 0 saturated heterocycles. The lowest BCUT2D eigenvalue weighted by atomic mass is 10.1. The molecule has 3 rings (SSSR count). The second-order valence-electron chi connectivity index (χ2n) is 5.80. The normalized spacial score (nSPS) is 13.8. The van der Waals surface area contributed by atoms with E-state index in [1.807, 2.05) is 0 Å². The molecule has 0 atom stereocenters. The van der Waals surface area contributed by atoms with E-state index in [1.165, 1.54) is 13.3 Å². The molecule has 1 aromatic carbocycles. The van der Waals surface area contributed by atoms with Gasteiger partial charge in [-0.3, -0.25) is 14.7 Å². The van der Waals surface area contributed by atoms with Gasteiger partial charge in [-0.1, -0.05) is 6.42 Å². The highest BCUT2D eigenvalue weighted by atomic mass is 16.2. The Morgan fingerprint density at radius 1 is 1.00 bits per heavy atom. The quantitative estimate of drug-likeness (QED) is 0.762. The molecular formula is C17H20N4O2. The number of carbonyl (C=O) groups excluding carboxylic acids is 2. The molecule has 23 heavy (non-hydrogen) atoms. The van der Waals surface area contributed by atoms with Crippen molar-refractivity contribution in [1.29, 1.82) is 0 Å². The molecule has 0 aliphatic heterocycles. The minimum Gasteiger partial charge on any atom is -0.326 e. The number of aromatic nitrogens is 2. The van der Waals surface area contributed by atoms with Crippen LogP contribution in [0.25, 0.3) is 0 Å². The molecule has 1 aliphatic rings. The Kier molecular flexibility index (Phi) is 4.41. The lowest BCUT2D eigenvalue weighted by Gasteiger charge is -2.07. The minimum atomic E-state index is -0.198. The summed E-state index contributed by atoms with van der Waals surface area (Å²) in [6.07, 6.45) is 5.28. The zero-order valence-corrected chi connectivity index (χ0v) is 13.1. The van der Waals surface area contributed by atoms with Gasteiger partial charge in [-0.25, -0.2) is 0 Å². The number of nitrogens with zero attached hydrogens (tertiary/aromatic N) is 1. The van der Waals surface area contributed by atoms with Gasteiger partial charge in [0.15, 0.2) is 5.69 Å². The number of hydrogen-bond donors (Lipinski definition) is 3. The summed E-state index contributed by atoms with van der Waals surface area (Å²) in [5, 5.41) is 12.8. The van der Waals surface area contributed by atoms with E-state index in [1.54, 1.807) is 24.3 Å². The Labute approximate surface area is 134 Å². The van der Waals surface area contributed by atoms with Gasteiger partial charge in [0.2, 0.25) is 5.91 Å². The van der Waals surface area contributed by atoms with Crippen molar-refractivity contribution in [2.75, 3.05) is 10.6 Å². The van der Waals surface area contributed by atoms with Crippen LogP contribution in [0.4, 0.5) is 11.4 Å². The molecule has 1 aliphatic carbocycles. The Morgan fingerprint density at radius 3 is 2.35 bits per heavy atom. The molecule has 2 amide bonds. The topological polar surface area (TPSA) is 86.9 Å². The third kappa shape index (κ3) is 3.59. The number of nitrogens with one attached hydrogen (secondary N) is 3. The van der Waals surface area contributed by atoms with Crippen LogP contribution in [-0.4, -0.2) is 22.0 Å². The number of amides is 2. The Balaban J connectivity index is 1.72. The maximum absolute atomic E-state index is 12.5. The number of rotatable bonds is 3. The Morgan fingerprint density at radius 2 is 1.65 bits per heavy atom. The molecule has 6 heteroatoms. The summed E-state index contributed by atoms with van der Waals surface area (Å²) in [5.41, 5.74) is 4.01. The summed E-state index contributed by atoms with van der Waals surface area (Å²) in [4.78, 5) is 23.5. The first-order chi connectivity index (χ1) is 11.1. The number of benzene rings is 1. The second kappa shape index (κ2) is 6.64. The fourth-order valence-electron chi connectivity index (χ4n) is 2.88. The molecule has 6 nitrogen and oxygen atoms in total. The maximum atomic E-state index is 12.5. The van der Waals surface area contributed by atoms with Crippen LogP contribution in [0.15, 0.2) is 24.3 Å². The van der Waals surface area contributed by atoms with Crippen LogP contribution in [0.5, 0.6) is 0 Å². The zero-order chi connectivity index (χ0) is 16.2. The van der Waals surface area contributed by atoms with Crippen LogP contribution in [0.2, 0.25) is 0 Å². The number of aryl methyl sites for hydroxylation is 1. The fraction of sp³-hybridized carbons (Fsp3) is 0.353. The lowest BCUT2D eigenvalue weighted by molar-refractivity contribution is -0.114. The van der Waals surface area contributed by atoms with Crippen molar-refractivity contribution < 1.29 is 9.59 Å². The van der Waals surface area contributed by atoms with Crippen LogP contribution >= 0.6 is 0 Å². The van der Waals surface area contributed by atoms with Crippen molar-refractivity contribution in [2.45, 2.75) is 39.0 Å². The third-order valence-corrected chi connectivity index (χ3v) is 3.98. The molecule has 0 spiro atoms. The first-order valence-electron chi connectivity index (χ1n) is 7.88. The van der Waals surface area contributed by atoms with Crippen LogP contribution in [0.3, 0.4) is 0 Å². The smallest absolute Gasteiger partial charge is 0.276 e. The van der Waals surface area contributed by atoms with E-state index in [0.29, 0.717) is 17.1 Å². The van der Waals surface area contributed by atoms with Gasteiger partial charge in [0.05, 0.1) is 0 Å². The third-order valence-electron chi connectivity index (χ3n) is 3.98. The lowest BCUT2D eigenvalue weighted by Crippen LogP contribution is -2.14. The zero-order valence-electron chi connectivity index (χ0n) is 13.1. The van der Waals surface area contributed by atoms with Gasteiger partial charge < -0.3 is 10.6 Å². The fourth-order valence-corrected chi connectivity index (χ4v) is 2.88. The first kappa shape index (κ1) is 15.3.